The second-order valence-electron chi connectivity index (χ2n) is 4.06. The molecule has 0 radical (unpaired) electrons. The van der Waals surface area contributed by atoms with Crippen molar-refractivity contribution in [1.29, 1.82) is 0 Å². The van der Waals surface area contributed by atoms with Gasteiger partial charge in [-0.1, -0.05) is 0 Å². The first-order chi connectivity index (χ1) is 6.30. The largest absolute Gasteiger partial charge is 0.383 e. The predicted octanol–water partition coefficient (Wildman–Crippen LogP) is 0.611. The van der Waals surface area contributed by atoms with Gasteiger partial charge in [0.2, 0.25) is 0 Å². The van der Waals surface area contributed by atoms with Crippen LogP contribution >= 0.6 is 0 Å². The number of hydrogen-bond acceptors (Lipinski definition) is 3. The van der Waals surface area contributed by atoms with E-state index in [9.17, 15) is 9.90 Å². The van der Waals surface area contributed by atoms with Crippen LogP contribution in [0.15, 0.2) is 6.07 Å². The normalized spacial score (nSPS) is 11.8. The Labute approximate surface area is 83.5 Å². The third-order valence-electron chi connectivity index (χ3n) is 2.12. The Balaban J connectivity index is 2.80. The Morgan fingerprint density at radius 3 is 2.57 bits per heavy atom. The van der Waals surface area contributed by atoms with E-state index in [1.165, 1.54) is 13.8 Å². The summed E-state index contributed by atoms with van der Waals surface area (Å²) in [5.74, 6) is -0.194. The fraction of sp³-hybridized carbons (Fsp3) is 0.600. The number of aliphatic hydroxyl groups is 1. The van der Waals surface area contributed by atoms with Crippen LogP contribution in [0, 0.1) is 6.92 Å². The number of carbonyl (C=O) groups excluding carboxylic acids is 1. The number of aryl methyl sites for hydroxylation is 2. The van der Waals surface area contributed by atoms with Gasteiger partial charge in [-0.25, -0.2) is 0 Å². The van der Waals surface area contributed by atoms with Crippen LogP contribution in [0.4, 0.5) is 0 Å². The lowest BCUT2D eigenvalue weighted by molar-refractivity contribution is -0.133. The molecule has 1 heterocycles. The van der Waals surface area contributed by atoms with Crippen LogP contribution in [0.5, 0.6) is 0 Å². The molecule has 1 aromatic rings. The van der Waals surface area contributed by atoms with E-state index in [4.69, 9.17) is 0 Å². The molecule has 0 saturated heterocycles. The lowest BCUT2D eigenvalue weighted by Gasteiger charge is -2.14. The third-order valence-corrected chi connectivity index (χ3v) is 2.12. The van der Waals surface area contributed by atoms with E-state index in [-0.39, 0.29) is 12.2 Å². The number of rotatable bonds is 3. The molecule has 1 rings (SSSR count). The highest BCUT2D eigenvalue weighted by Gasteiger charge is 2.24. The minimum atomic E-state index is -1.27. The van der Waals surface area contributed by atoms with Gasteiger partial charge in [-0.3, -0.25) is 9.48 Å². The zero-order chi connectivity index (χ0) is 10.9. The number of ketones is 1. The number of nitrogens with zero attached hydrogens (tertiary/aromatic N) is 2. The van der Waals surface area contributed by atoms with Crippen molar-refractivity contribution in [3.8, 4) is 0 Å². The van der Waals surface area contributed by atoms with Gasteiger partial charge in [0, 0.05) is 12.7 Å². The van der Waals surface area contributed by atoms with Gasteiger partial charge in [0.25, 0.3) is 0 Å². The second-order valence-corrected chi connectivity index (χ2v) is 4.06. The quantitative estimate of drug-likeness (QED) is 0.770. The van der Waals surface area contributed by atoms with Gasteiger partial charge >= 0.3 is 0 Å². The molecule has 0 atom stereocenters. The molecule has 0 aliphatic heterocycles. The van der Waals surface area contributed by atoms with Gasteiger partial charge in [-0.05, 0) is 26.8 Å². The molecule has 78 valence electrons. The molecule has 0 bridgehead atoms. The van der Waals surface area contributed by atoms with Crippen molar-refractivity contribution in [2.75, 3.05) is 0 Å². The van der Waals surface area contributed by atoms with E-state index in [1.54, 1.807) is 11.7 Å². The van der Waals surface area contributed by atoms with Gasteiger partial charge in [0.05, 0.1) is 12.1 Å². The van der Waals surface area contributed by atoms with Crippen molar-refractivity contribution >= 4 is 5.78 Å². The van der Waals surface area contributed by atoms with E-state index < -0.39 is 5.60 Å². The van der Waals surface area contributed by atoms with Gasteiger partial charge in [0.1, 0.15) is 5.60 Å². The Morgan fingerprint density at radius 2 is 2.21 bits per heavy atom. The fourth-order valence-electron chi connectivity index (χ4n) is 1.21. The number of Topliss-reactive ketones (excluding diaryl/α,β-unsaturated/α-hetero) is 1. The predicted molar refractivity (Wildman–Crippen MR) is 53.0 cm³/mol. The van der Waals surface area contributed by atoms with Gasteiger partial charge in [0.15, 0.2) is 5.78 Å². The SMILES string of the molecule is Cc1cc(CC(=O)C(C)(C)O)n(C)n1. The molecule has 0 aromatic carbocycles. The molecule has 0 saturated carbocycles. The van der Waals surface area contributed by atoms with Crippen LogP contribution in [0.25, 0.3) is 0 Å². The lowest BCUT2D eigenvalue weighted by atomic mass is 10.00. The summed E-state index contributed by atoms with van der Waals surface area (Å²) in [6, 6.07) is 1.85. The second kappa shape index (κ2) is 3.53. The molecule has 1 N–H and O–H groups in total. The molecular formula is C10H16N2O2. The maximum Gasteiger partial charge on any atom is 0.169 e. The number of carbonyl (C=O) groups is 1. The highest BCUT2D eigenvalue weighted by atomic mass is 16.3. The summed E-state index contributed by atoms with van der Waals surface area (Å²) in [4.78, 5) is 11.5. The first-order valence-corrected chi connectivity index (χ1v) is 4.56. The first kappa shape index (κ1) is 10.9. The molecule has 0 aliphatic carbocycles. The maximum atomic E-state index is 11.5. The van der Waals surface area contributed by atoms with Gasteiger partial charge in [-0.15, -0.1) is 0 Å². The number of hydrogen-bond donors (Lipinski definition) is 1. The van der Waals surface area contributed by atoms with Crippen molar-refractivity contribution in [2.24, 2.45) is 7.05 Å². The lowest BCUT2D eigenvalue weighted by Crippen LogP contribution is -2.33. The monoisotopic (exact) mass is 196 g/mol. The van der Waals surface area contributed by atoms with Crippen LogP contribution in [0.3, 0.4) is 0 Å². The van der Waals surface area contributed by atoms with Gasteiger partial charge < -0.3 is 5.11 Å². The maximum absolute atomic E-state index is 11.5. The summed E-state index contributed by atoms with van der Waals surface area (Å²) in [7, 11) is 1.79. The van der Waals surface area contributed by atoms with Crippen molar-refractivity contribution in [3.05, 3.63) is 17.5 Å². The standard InChI is InChI=1S/C10H16N2O2/c1-7-5-8(12(4)11-7)6-9(13)10(2,3)14/h5,14H,6H2,1-4H3. The molecule has 0 spiro atoms. The molecule has 0 aliphatic rings. The summed E-state index contributed by atoms with van der Waals surface area (Å²) >= 11 is 0. The highest BCUT2D eigenvalue weighted by Crippen LogP contribution is 2.10. The minimum absolute atomic E-state index is 0.194. The molecule has 0 amide bonds. The molecule has 0 unspecified atom stereocenters. The van der Waals surface area contributed by atoms with Crippen LogP contribution in [0.2, 0.25) is 0 Å². The van der Waals surface area contributed by atoms with E-state index in [0.29, 0.717) is 0 Å². The topological polar surface area (TPSA) is 55.1 Å². The molecule has 14 heavy (non-hydrogen) atoms. The molecule has 4 nitrogen and oxygen atoms in total. The van der Waals surface area contributed by atoms with E-state index >= 15 is 0 Å². The first-order valence-electron chi connectivity index (χ1n) is 4.56. The highest BCUT2D eigenvalue weighted by molar-refractivity contribution is 5.87. The minimum Gasteiger partial charge on any atom is -0.383 e. The Bertz CT molecular complexity index is 347. The van der Waals surface area contributed by atoms with Gasteiger partial charge in [-0.2, -0.15) is 5.10 Å². The van der Waals surface area contributed by atoms with Crippen LogP contribution < -0.4 is 0 Å². The smallest absolute Gasteiger partial charge is 0.169 e. The van der Waals surface area contributed by atoms with E-state index in [0.717, 1.165) is 11.4 Å². The third kappa shape index (κ3) is 2.42. The van der Waals surface area contributed by atoms with Crippen LogP contribution in [-0.4, -0.2) is 26.3 Å². The van der Waals surface area contributed by atoms with Crippen LogP contribution in [0.1, 0.15) is 25.2 Å². The summed E-state index contributed by atoms with van der Waals surface area (Å²) in [5.41, 5.74) is 0.443. The molecule has 1 aromatic heterocycles. The fourth-order valence-corrected chi connectivity index (χ4v) is 1.21. The van der Waals surface area contributed by atoms with E-state index in [2.05, 4.69) is 5.10 Å². The Hall–Kier alpha value is -1.16. The average Bonchev–Trinajstić information content (AvgIpc) is 2.28. The zero-order valence-electron chi connectivity index (χ0n) is 9.03. The zero-order valence-corrected chi connectivity index (χ0v) is 9.03. The Morgan fingerprint density at radius 1 is 1.64 bits per heavy atom. The van der Waals surface area contributed by atoms with Crippen molar-refractivity contribution < 1.29 is 9.90 Å². The summed E-state index contributed by atoms with van der Waals surface area (Å²) in [6.07, 6.45) is 0.223. The summed E-state index contributed by atoms with van der Waals surface area (Å²) in [6.45, 7) is 4.87. The van der Waals surface area contributed by atoms with Crippen LogP contribution in [-0.2, 0) is 18.3 Å². The van der Waals surface area contributed by atoms with Crippen molar-refractivity contribution in [2.45, 2.75) is 32.8 Å². The number of aromatic nitrogens is 2. The van der Waals surface area contributed by atoms with Crippen molar-refractivity contribution in [3.63, 3.8) is 0 Å². The molecule has 4 heteroatoms. The summed E-state index contributed by atoms with van der Waals surface area (Å²) in [5, 5.41) is 13.6. The molecular weight excluding hydrogens is 180 g/mol. The average molecular weight is 196 g/mol. The molecule has 0 fully saturated rings. The van der Waals surface area contributed by atoms with Crippen molar-refractivity contribution in [1.82, 2.24) is 9.78 Å². The summed E-state index contributed by atoms with van der Waals surface area (Å²) < 4.78 is 1.67. The van der Waals surface area contributed by atoms with E-state index in [1.807, 2.05) is 13.0 Å². The Kier molecular flexibility index (Phi) is 2.76.